The third-order valence-corrected chi connectivity index (χ3v) is 1.54. The minimum atomic E-state index is 0.983. The molecule has 0 aromatic carbocycles. The zero-order valence-electron chi connectivity index (χ0n) is 7.78. The van der Waals surface area contributed by atoms with Crippen LogP contribution >= 0.6 is 0 Å². The van der Waals surface area contributed by atoms with E-state index < -0.39 is 0 Å². The summed E-state index contributed by atoms with van der Waals surface area (Å²) in [7, 11) is 4.09. The van der Waals surface area contributed by atoms with E-state index in [4.69, 9.17) is 0 Å². The van der Waals surface area contributed by atoms with Crippen LogP contribution in [0.25, 0.3) is 0 Å². The summed E-state index contributed by atoms with van der Waals surface area (Å²) in [5, 5.41) is 3.11. The largest absolute Gasteiger partial charge is 0.318 e. The molecule has 0 bridgehead atoms. The first-order valence-electron chi connectivity index (χ1n) is 4.04. The first kappa shape index (κ1) is 10.5. The predicted octanol–water partition coefficient (Wildman–Crippen LogP) is 0.551. The van der Waals surface area contributed by atoms with Crippen molar-refractivity contribution in [3.05, 3.63) is 0 Å². The Morgan fingerprint density at radius 1 is 1.36 bits per heavy atom. The van der Waals surface area contributed by atoms with Crippen LogP contribution in [0.5, 0.6) is 0 Å². The summed E-state index contributed by atoms with van der Waals surface area (Å²) in [6, 6.07) is 0. The first-order valence-corrected chi connectivity index (χ1v) is 4.04. The molecule has 2 nitrogen and oxygen atoms in total. The molecule has 0 fully saturated rings. The third kappa shape index (κ3) is 7.38. The summed E-state index contributed by atoms with van der Waals surface area (Å²) >= 11 is 0. The maximum Gasteiger partial charge on any atom is 0.0216 e. The molecule has 2 heteroatoms. The number of nitrogens with one attached hydrogen (secondary N) is 1. The summed E-state index contributed by atoms with van der Waals surface area (Å²) in [4.78, 5) is 2.28. The fraction of sp³-hybridized carbons (Fsp3) is 0.778. The van der Waals surface area contributed by atoms with E-state index in [0.717, 1.165) is 26.1 Å². The molecule has 0 spiro atoms. The van der Waals surface area contributed by atoms with Gasteiger partial charge in [-0.05, 0) is 21.0 Å². The maximum atomic E-state index is 3.11. The van der Waals surface area contributed by atoms with Gasteiger partial charge in [0.25, 0.3) is 0 Å². The van der Waals surface area contributed by atoms with Crippen molar-refractivity contribution < 1.29 is 0 Å². The Morgan fingerprint density at radius 2 is 2.09 bits per heavy atom. The quantitative estimate of drug-likeness (QED) is 0.582. The van der Waals surface area contributed by atoms with Crippen LogP contribution in [-0.2, 0) is 0 Å². The van der Waals surface area contributed by atoms with Gasteiger partial charge in [0, 0.05) is 26.1 Å². The van der Waals surface area contributed by atoms with Gasteiger partial charge >= 0.3 is 0 Å². The lowest BCUT2D eigenvalue weighted by atomic mass is 10.4. The van der Waals surface area contributed by atoms with Crippen LogP contribution in [0.15, 0.2) is 0 Å². The van der Waals surface area contributed by atoms with Crippen molar-refractivity contribution in [3.63, 3.8) is 0 Å². The highest BCUT2D eigenvalue weighted by Gasteiger charge is 1.93. The monoisotopic (exact) mass is 154 g/mol. The molecule has 0 aromatic heterocycles. The van der Waals surface area contributed by atoms with Gasteiger partial charge in [-0.2, -0.15) is 0 Å². The molecular formula is C9H18N2. The van der Waals surface area contributed by atoms with Crippen LogP contribution in [0, 0.1) is 11.8 Å². The molecule has 0 amide bonds. The minimum Gasteiger partial charge on any atom is -0.318 e. The molecule has 0 atom stereocenters. The maximum absolute atomic E-state index is 3.11. The molecule has 0 aliphatic heterocycles. The Labute approximate surface area is 70.0 Å². The predicted molar refractivity (Wildman–Crippen MR) is 49.5 cm³/mol. The molecule has 0 aromatic rings. The molecular weight excluding hydrogens is 136 g/mol. The van der Waals surface area contributed by atoms with E-state index in [1.807, 2.05) is 14.0 Å². The van der Waals surface area contributed by atoms with Gasteiger partial charge in [0.15, 0.2) is 0 Å². The van der Waals surface area contributed by atoms with Crippen molar-refractivity contribution in [3.8, 4) is 11.8 Å². The SMILES string of the molecule is CC#CCCN(C)CCNC. The molecule has 11 heavy (non-hydrogen) atoms. The normalized spacial score (nSPS) is 9.45. The number of nitrogens with zero attached hydrogens (tertiary/aromatic N) is 1. The van der Waals surface area contributed by atoms with Gasteiger partial charge in [-0.15, -0.1) is 11.8 Å². The van der Waals surface area contributed by atoms with Gasteiger partial charge in [-0.1, -0.05) is 0 Å². The summed E-state index contributed by atoms with van der Waals surface area (Å²) in [5.74, 6) is 5.93. The second-order valence-corrected chi connectivity index (χ2v) is 2.58. The van der Waals surface area contributed by atoms with Gasteiger partial charge < -0.3 is 10.2 Å². The van der Waals surface area contributed by atoms with Crippen molar-refractivity contribution in [2.45, 2.75) is 13.3 Å². The fourth-order valence-corrected chi connectivity index (χ4v) is 0.786. The van der Waals surface area contributed by atoms with Gasteiger partial charge in [0.1, 0.15) is 0 Å². The molecule has 0 radical (unpaired) electrons. The molecule has 0 aliphatic carbocycles. The lowest BCUT2D eigenvalue weighted by Crippen LogP contribution is -2.27. The van der Waals surface area contributed by atoms with E-state index in [9.17, 15) is 0 Å². The second kappa shape index (κ2) is 7.59. The van der Waals surface area contributed by atoms with Gasteiger partial charge in [-0.3, -0.25) is 0 Å². The van der Waals surface area contributed by atoms with Crippen molar-refractivity contribution in [2.24, 2.45) is 0 Å². The molecule has 0 heterocycles. The topological polar surface area (TPSA) is 15.3 Å². The van der Waals surface area contributed by atoms with Gasteiger partial charge in [0.2, 0.25) is 0 Å². The molecule has 64 valence electrons. The van der Waals surface area contributed by atoms with Crippen LogP contribution < -0.4 is 5.32 Å². The molecule has 0 aliphatic rings. The van der Waals surface area contributed by atoms with Crippen molar-refractivity contribution in [1.29, 1.82) is 0 Å². The Balaban J connectivity index is 3.19. The second-order valence-electron chi connectivity index (χ2n) is 2.58. The molecule has 0 unspecified atom stereocenters. The molecule has 0 saturated heterocycles. The zero-order chi connectivity index (χ0) is 8.53. The number of likely N-dealkylation sites (N-methyl/N-ethyl adjacent to an activating group) is 2. The highest BCUT2D eigenvalue weighted by Crippen LogP contribution is 1.83. The average molecular weight is 154 g/mol. The van der Waals surface area contributed by atoms with Gasteiger partial charge in [-0.25, -0.2) is 0 Å². The van der Waals surface area contributed by atoms with E-state index in [-0.39, 0.29) is 0 Å². The van der Waals surface area contributed by atoms with Gasteiger partial charge in [0.05, 0.1) is 0 Å². The Morgan fingerprint density at radius 3 is 2.64 bits per heavy atom. The van der Waals surface area contributed by atoms with Crippen LogP contribution in [0.2, 0.25) is 0 Å². The Kier molecular flexibility index (Phi) is 7.23. The van der Waals surface area contributed by atoms with Crippen molar-refractivity contribution >= 4 is 0 Å². The number of hydrogen-bond donors (Lipinski definition) is 1. The van der Waals surface area contributed by atoms with Crippen LogP contribution in [0.4, 0.5) is 0 Å². The number of hydrogen-bond acceptors (Lipinski definition) is 2. The summed E-state index contributed by atoms with van der Waals surface area (Å²) in [5.41, 5.74) is 0. The zero-order valence-corrected chi connectivity index (χ0v) is 7.78. The smallest absolute Gasteiger partial charge is 0.0216 e. The van der Waals surface area contributed by atoms with E-state index in [1.165, 1.54) is 0 Å². The average Bonchev–Trinajstić information content (AvgIpc) is 2.01. The van der Waals surface area contributed by atoms with Crippen LogP contribution in [-0.4, -0.2) is 38.6 Å². The first-order chi connectivity index (χ1) is 5.31. The Hall–Kier alpha value is -0.520. The standard InChI is InChI=1S/C9H18N2/c1-4-5-6-8-11(3)9-7-10-2/h10H,6-9H2,1-3H3. The van der Waals surface area contributed by atoms with Crippen molar-refractivity contribution in [2.75, 3.05) is 33.7 Å². The van der Waals surface area contributed by atoms with Crippen LogP contribution in [0.1, 0.15) is 13.3 Å². The fourth-order valence-electron chi connectivity index (χ4n) is 0.786. The molecule has 0 saturated carbocycles. The summed E-state index contributed by atoms with van der Waals surface area (Å²) in [6.07, 6.45) is 0.983. The van der Waals surface area contributed by atoms with E-state index in [2.05, 4.69) is 29.1 Å². The lowest BCUT2D eigenvalue weighted by Gasteiger charge is -2.13. The van der Waals surface area contributed by atoms with Crippen molar-refractivity contribution in [1.82, 2.24) is 10.2 Å². The lowest BCUT2D eigenvalue weighted by molar-refractivity contribution is 0.344. The molecule has 0 rings (SSSR count). The van der Waals surface area contributed by atoms with E-state index in [0.29, 0.717) is 0 Å². The number of rotatable bonds is 5. The van der Waals surface area contributed by atoms with E-state index in [1.54, 1.807) is 0 Å². The Bertz CT molecular complexity index is 132. The summed E-state index contributed by atoms with van der Waals surface area (Å²) < 4.78 is 0. The summed E-state index contributed by atoms with van der Waals surface area (Å²) in [6.45, 7) is 5.11. The van der Waals surface area contributed by atoms with Crippen LogP contribution in [0.3, 0.4) is 0 Å². The molecule has 1 N–H and O–H groups in total. The third-order valence-electron chi connectivity index (χ3n) is 1.54. The van der Waals surface area contributed by atoms with E-state index >= 15 is 0 Å². The highest BCUT2D eigenvalue weighted by atomic mass is 15.1. The minimum absolute atomic E-state index is 0.983. The highest BCUT2D eigenvalue weighted by molar-refractivity contribution is 4.95.